The summed E-state index contributed by atoms with van der Waals surface area (Å²) in [6.45, 7) is 8.98. The molecule has 0 amide bonds. The number of hydrogen-bond acceptors (Lipinski definition) is 1. The van der Waals surface area contributed by atoms with Crippen molar-refractivity contribution in [1.29, 1.82) is 0 Å². The summed E-state index contributed by atoms with van der Waals surface area (Å²) in [6, 6.07) is 20.3. The molecule has 0 fully saturated rings. The Hall–Kier alpha value is -1.60. The van der Waals surface area contributed by atoms with Crippen LogP contribution >= 0.6 is 0 Å². The minimum absolute atomic E-state index is 0.355. The molecule has 2 aromatic carbocycles. The number of aryl methyl sites for hydroxylation is 1. The van der Waals surface area contributed by atoms with Crippen LogP contribution in [0.2, 0.25) is 0 Å². The SMILES string of the molecule is Cc1cccc(C(C)NC(CC(C)C)c2ccccc2)c1. The summed E-state index contributed by atoms with van der Waals surface area (Å²) in [7, 11) is 0. The first kappa shape index (κ1) is 15.8. The van der Waals surface area contributed by atoms with E-state index >= 15 is 0 Å². The molecule has 0 spiro atoms. The van der Waals surface area contributed by atoms with Gasteiger partial charge in [0.25, 0.3) is 0 Å². The minimum atomic E-state index is 0.355. The lowest BCUT2D eigenvalue weighted by atomic mass is 9.95. The Morgan fingerprint density at radius 1 is 0.857 bits per heavy atom. The minimum Gasteiger partial charge on any atom is -0.303 e. The van der Waals surface area contributed by atoms with Gasteiger partial charge in [0.05, 0.1) is 0 Å². The van der Waals surface area contributed by atoms with E-state index in [1.807, 2.05) is 0 Å². The third kappa shape index (κ3) is 4.71. The molecule has 2 unspecified atom stereocenters. The molecule has 1 heteroatoms. The fourth-order valence-electron chi connectivity index (χ4n) is 2.79. The highest BCUT2D eigenvalue weighted by molar-refractivity contribution is 5.26. The molecule has 0 aromatic heterocycles. The zero-order valence-electron chi connectivity index (χ0n) is 13.6. The van der Waals surface area contributed by atoms with Crippen molar-refractivity contribution in [3.05, 3.63) is 71.3 Å². The smallest absolute Gasteiger partial charge is 0.0328 e. The van der Waals surface area contributed by atoms with Crippen molar-refractivity contribution < 1.29 is 0 Å². The molecule has 0 saturated carbocycles. The standard InChI is InChI=1S/C20H27N/c1-15(2)13-20(18-10-6-5-7-11-18)21-17(4)19-12-8-9-16(3)14-19/h5-12,14-15,17,20-21H,13H2,1-4H3. The van der Waals surface area contributed by atoms with E-state index in [0.29, 0.717) is 18.0 Å². The van der Waals surface area contributed by atoms with Crippen molar-refractivity contribution in [3.63, 3.8) is 0 Å². The van der Waals surface area contributed by atoms with Crippen LogP contribution in [0.1, 0.15) is 56.0 Å². The predicted octanol–water partition coefficient (Wildman–Crippen LogP) is 5.43. The molecular weight excluding hydrogens is 254 g/mol. The van der Waals surface area contributed by atoms with Crippen LogP contribution in [0.25, 0.3) is 0 Å². The first-order chi connectivity index (χ1) is 10.1. The highest BCUT2D eigenvalue weighted by Gasteiger charge is 2.16. The van der Waals surface area contributed by atoms with Crippen LogP contribution in [-0.2, 0) is 0 Å². The Morgan fingerprint density at radius 3 is 2.14 bits per heavy atom. The molecule has 0 heterocycles. The lowest BCUT2D eigenvalue weighted by molar-refractivity contribution is 0.394. The lowest BCUT2D eigenvalue weighted by Gasteiger charge is -2.26. The van der Waals surface area contributed by atoms with E-state index in [2.05, 4.69) is 87.6 Å². The summed E-state index contributed by atoms with van der Waals surface area (Å²) in [5.74, 6) is 0.674. The summed E-state index contributed by atoms with van der Waals surface area (Å²) < 4.78 is 0. The van der Waals surface area contributed by atoms with E-state index in [1.54, 1.807) is 0 Å². The molecular formula is C20H27N. The van der Waals surface area contributed by atoms with Crippen molar-refractivity contribution in [2.24, 2.45) is 5.92 Å². The normalized spacial score (nSPS) is 14.1. The van der Waals surface area contributed by atoms with Gasteiger partial charge in [-0.05, 0) is 37.3 Å². The van der Waals surface area contributed by atoms with Crippen molar-refractivity contribution in [2.45, 2.75) is 46.2 Å². The van der Waals surface area contributed by atoms with Crippen LogP contribution in [0.15, 0.2) is 54.6 Å². The van der Waals surface area contributed by atoms with E-state index in [-0.39, 0.29) is 0 Å². The monoisotopic (exact) mass is 281 g/mol. The molecule has 2 atom stereocenters. The number of benzene rings is 2. The summed E-state index contributed by atoms with van der Waals surface area (Å²) in [5.41, 5.74) is 4.06. The molecule has 0 aliphatic rings. The first-order valence-electron chi connectivity index (χ1n) is 7.94. The summed E-state index contributed by atoms with van der Waals surface area (Å²) >= 11 is 0. The lowest BCUT2D eigenvalue weighted by Crippen LogP contribution is -2.26. The average Bonchev–Trinajstić information content (AvgIpc) is 2.47. The zero-order chi connectivity index (χ0) is 15.2. The number of hydrogen-bond donors (Lipinski definition) is 1. The second-order valence-electron chi connectivity index (χ2n) is 6.40. The third-order valence-electron chi connectivity index (χ3n) is 3.90. The van der Waals surface area contributed by atoms with Crippen LogP contribution in [0, 0.1) is 12.8 Å². The molecule has 112 valence electrons. The van der Waals surface area contributed by atoms with Gasteiger partial charge in [-0.3, -0.25) is 0 Å². The van der Waals surface area contributed by atoms with Crippen LogP contribution in [-0.4, -0.2) is 0 Å². The largest absolute Gasteiger partial charge is 0.303 e. The molecule has 21 heavy (non-hydrogen) atoms. The Bertz CT molecular complexity index is 545. The van der Waals surface area contributed by atoms with Crippen molar-refractivity contribution in [2.75, 3.05) is 0 Å². The van der Waals surface area contributed by atoms with Gasteiger partial charge in [-0.1, -0.05) is 74.0 Å². The van der Waals surface area contributed by atoms with Gasteiger partial charge in [0, 0.05) is 12.1 Å². The van der Waals surface area contributed by atoms with Crippen LogP contribution in [0.5, 0.6) is 0 Å². The third-order valence-corrected chi connectivity index (χ3v) is 3.90. The van der Waals surface area contributed by atoms with Crippen LogP contribution in [0.4, 0.5) is 0 Å². The Labute approximate surface area is 129 Å². The highest BCUT2D eigenvalue weighted by atomic mass is 14.9. The highest BCUT2D eigenvalue weighted by Crippen LogP contribution is 2.25. The van der Waals surface area contributed by atoms with Crippen LogP contribution in [0.3, 0.4) is 0 Å². The molecule has 0 aliphatic carbocycles. The van der Waals surface area contributed by atoms with Gasteiger partial charge in [0.1, 0.15) is 0 Å². The summed E-state index contributed by atoms with van der Waals surface area (Å²) in [5, 5.41) is 3.81. The Balaban J connectivity index is 2.15. The second kappa shape index (κ2) is 7.42. The molecule has 2 aromatic rings. The van der Waals surface area contributed by atoms with Gasteiger partial charge in [-0.25, -0.2) is 0 Å². The van der Waals surface area contributed by atoms with Gasteiger partial charge in [0.2, 0.25) is 0 Å². The molecule has 0 radical (unpaired) electrons. The van der Waals surface area contributed by atoms with Gasteiger partial charge < -0.3 is 5.32 Å². The van der Waals surface area contributed by atoms with E-state index in [9.17, 15) is 0 Å². The fraction of sp³-hybridized carbons (Fsp3) is 0.400. The maximum atomic E-state index is 3.81. The molecule has 2 rings (SSSR count). The number of nitrogens with one attached hydrogen (secondary N) is 1. The summed E-state index contributed by atoms with van der Waals surface area (Å²) in [4.78, 5) is 0. The zero-order valence-corrected chi connectivity index (χ0v) is 13.6. The maximum Gasteiger partial charge on any atom is 0.0328 e. The molecule has 0 aliphatic heterocycles. The van der Waals surface area contributed by atoms with Crippen molar-refractivity contribution in [3.8, 4) is 0 Å². The average molecular weight is 281 g/mol. The molecule has 1 nitrogen and oxygen atoms in total. The van der Waals surface area contributed by atoms with Crippen LogP contribution < -0.4 is 5.32 Å². The van der Waals surface area contributed by atoms with Crippen molar-refractivity contribution in [1.82, 2.24) is 5.32 Å². The first-order valence-corrected chi connectivity index (χ1v) is 7.94. The quantitative estimate of drug-likeness (QED) is 0.744. The van der Waals surface area contributed by atoms with Gasteiger partial charge in [-0.2, -0.15) is 0 Å². The maximum absolute atomic E-state index is 3.81. The number of rotatable bonds is 6. The van der Waals surface area contributed by atoms with Crippen molar-refractivity contribution >= 4 is 0 Å². The predicted molar refractivity (Wildman–Crippen MR) is 91.4 cm³/mol. The molecule has 1 N–H and O–H groups in total. The topological polar surface area (TPSA) is 12.0 Å². The molecule has 0 saturated heterocycles. The van der Waals surface area contributed by atoms with E-state index in [0.717, 1.165) is 6.42 Å². The van der Waals surface area contributed by atoms with Gasteiger partial charge in [0.15, 0.2) is 0 Å². The summed E-state index contributed by atoms with van der Waals surface area (Å²) in [6.07, 6.45) is 1.15. The molecule has 0 bridgehead atoms. The fourth-order valence-corrected chi connectivity index (χ4v) is 2.79. The Morgan fingerprint density at radius 2 is 1.52 bits per heavy atom. The van der Waals surface area contributed by atoms with Gasteiger partial charge in [-0.15, -0.1) is 0 Å². The van der Waals surface area contributed by atoms with E-state index in [4.69, 9.17) is 0 Å². The van der Waals surface area contributed by atoms with Gasteiger partial charge >= 0.3 is 0 Å². The van der Waals surface area contributed by atoms with E-state index < -0.39 is 0 Å². The second-order valence-corrected chi connectivity index (χ2v) is 6.40. The van der Waals surface area contributed by atoms with E-state index in [1.165, 1.54) is 16.7 Å². The Kier molecular flexibility index (Phi) is 5.58.